The number of hydrogen-bond acceptors (Lipinski definition) is 3. The first-order chi connectivity index (χ1) is 14.7. The Labute approximate surface area is 183 Å². The van der Waals surface area contributed by atoms with Gasteiger partial charge in [-0.1, -0.05) is 82.9 Å². The Morgan fingerprint density at radius 3 is 2.37 bits per heavy atom. The van der Waals surface area contributed by atoms with Crippen molar-refractivity contribution in [3.8, 4) is 5.75 Å². The fourth-order valence-electron chi connectivity index (χ4n) is 3.83. The minimum atomic E-state index is -0.223. The monoisotopic (exact) mass is 414 g/mol. The summed E-state index contributed by atoms with van der Waals surface area (Å²) >= 11 is 0. The molecule has 0 atom stereocenters. The van der Waals surface area contributed by atoms with Crippen LogP contribution in [0, 0.1) is 6.42 Å². The molecule has 167 valence electrons. The van der Waals surface area contributed by atoms with Crippen LogP contribution >= 0.6 is 0 Å². The van der Waals surface area contributed by atoms with Gasteiger partial charge in [-0.05, 0) is 30.9 Å². The summed E-state index contributed by atoms with van der Waals surface area (Å²) in [7, 11) is 0. The van der Waals surface area contributed by atoms with E-state index in [4.69, 9.17) is 4.74 Å². The van der Waals surface area contributed by atoms with Crippen LogP contribution in [0.3, 0.4) is 0 Å². The number of aromatic hydroxyl groups is 1. The maximum Gasteiger partial charge on any atom is 0.255 e. The molecule has 0 saturated heterocycles. The van der Waals surface area contributed by atoms with Gasteiger partial charge in [0, 0.05) is 31.7 Å². The van der Waals surface area contributed by atoms with Crippen LogP contribution in [0.5, 0.6) is 5.75 Å². The van der Waals surface area contributed by atoms with Crippen LogP contribution < -0.4 is 5.32 Å². The summed E-state index contributed by atoms with van der Waals surface area (Å²) in [5.41, 5.74) is 2.15. The number of benzene rings is 1. The van der Waals surface area contributed by atoms with Gasteiger partial charge >= 0.3 is 0 Å². The van der Waals surface area contributed by atoms with Gasteiger partial charge in [0.05, 0.1) is 5.56 Å². The first-order valence-electron chi connectivity index (χ1n) is 11.9. The van der Waals surface area contributed by atoms with E-state index in [1.54, 1.807) is 6.07 Å². The average Bonchev–Trinajstić information content (AvgIpc) is 2.76. The molecule has 0 heterocycles. The van der Waals surface area contributed by atoms with E-state index in [0.717, 1.165) is 30.6 Å². The molecule has 1 aliphatic rings. The molecule has 0 unspecified atom stereocenters. The fourth-order valence-corrected chi connectivity index (χ4v) is 3.83. The number of nitrogens with one attached hydrogen (secondary N) is 1. The van der Waals surface area contributed by atoms with Crippen molar-refractivity contribution in [1.82, 2.24) is 5.32 Å². The van der Waals surface area contributed by atoms with Crippen molar-refractivity contribution < 1.29 is 14.6 Å². The molecule has 0 spiro atoms. The molecule has 1 aliphatic carbocycles. The van der Waals surface area contributed by atoms with E-state index in [2.05, 4.69) is 12.2 Å². The number of amides is 1. The van der Waals surface area contributed by atoms with Gasteiger partial charge in [0.1, 0.15) is 5.75 Å². The second-order valence-electron chi connectivity index (χ2n) is 8.23. The van der Waals surface area contributed by atoms with Crippen molar-refractivity contribution in [2.24, 2.45) is 0 Å². The lowest BCUT2D eigenvalue weighted by molar-refractivity contribution is 0.0937. The van der Waals surface area contributed by atoms with Crippen LogP contribution in [-0.4, -0.2) is 30.8 Å². The Morgan fingerprint density at radius 1 is 0.967 bits per heavy atom. The average molecular weight is 415 g/mol. The third-order valence-corrected chi connectivity index (χ3v) is 5.69. The lowest BCUT2D eigenvalue weighted by Crippen LogP contribution is -2.25. The van der Waals surface area contributed by atoms with E-state index in [1.807, 2.05) is 24.6 Å². The van der Waals surface area contributed by atoms with Crippen molar-refractivity contribution in [3.63, 3.8) is 0 Å². The number of fused-ring (bicyclic) bond motifs is 1. The van der Waals surface area contributed by atoms with Crippen molar-refractivity contribution in [2.45, 2.75) is 84.0 Å². The smallest absolute Gasteiger partial charge is 0.255 e. The van der Waals surface area contributed by atoms with Crippen molar-refractivity contribution in [3.05, 3.63) is 47.4 Å². The van der Waals surface area contributed by atoms with E-state index >= 15 is 0 Å². The molecule has 0 fully saturated rings. The third-order valence-electron chi connectivity index (χ3n) is 5.69. The highest BCUT2D eigenvalue weighted by Crippen LogP contribution is 2.30. The maximum absolute atomic E-state index is 12.3. The van der Waals surface area contributed by atoms with Gasteiger partial charge in [-0.25, -0.2) is 0 Å². The minimum absolute atomic E-state index is 0.0998. The van der Waals surface area contributed by atoms with E-state index in [0.29, 0.717) is 25.1 Å². The van der Waals surface area contributed by atoms with Gasteiger partial charge in [0.2, 0.25) is 0 Å². The molecule has 0 aliphatic heterocycles. The van der Waals surface area contributed by atoms with E-state index in [9.17, 15) is 9.90 Å². The highest BCUT2D eigenvalue weighted by atomic mass is 16.5. The van der Waals surface area contributed by atoms with Gasteiger partial charge in [-0.15, -0.1) is 0 Å². The van der Waals surface area contributed by atoms with E-state index < -0.39 is 0 Å². The van der Waals surface area contributed by atoms with Crippen LogP contribution in [0.4, 0.5) is 0 Å². The Kier molecular flexibility index (Phi) is 12.3. The van der Waals surface area contributed by atoms with Crippen LogP contribution in [-0.2, 0) is 11.2 Å². The van der Waals surface area contributed by atoms with Crippen LogP contribution in [0.1, 0.15) is 99.0 Å². The molecule has 4 heteroatoms. The molecule has 0 bridgehead atoms. The molecule has 2 N–H and O–H groups in total. The molecule has 30 heavy (non-hydrogen) atoms. The molecular formula is C26H40NO3. The predicted octanol–water partition coefficient (Wildman–Crippen LogP) is 6.11. The number of hydrogen-bond donors (Lipinski definition) is 2. The largest absolute Gasteiger partial charge is 0.507 e. The van der Waals surface area contributed by atoms with E-state index in [-0.39, 0.29) is 11.7 Å². The van der Waals surface area contributed by atoms with Gasteiger partial charge < -0.3 is 15.2 Å². The predicted molar refractivity (Wildman–Crippen MR) is 124 cm³/mol. The zero-order valence-corrected chi connectivity index (χ0v) is 18.8. The quantitative estimate of drug-likeness (QED) is 0.321. The Bertz CT molecular complexity index is 654. The van der Waals surface area contributed by atoms with Crippen LogP contribution in [0.2, 0.25) is 0 Å². The number of rotatable bonds is 16. The van der Waals surface area contributed by atoms with Crippen molar-refractivity contribution in [1.29, 1.82) is 0 Å². The minimum Gasteiger partial charge on any atom is -0.507 e. The summed E-state index contributed by atoms with van der Waals surface area (Å²) in [5, 5.41) is 13.3. The highest BCUT2D eigenvalue weighted by Gasteiger charge is 2.17. The van der Waals surface area contributed by atoms with Gasteiger partial charge in [-0.3, -0.25) is 4.79 Å². The molecular weight excluding hydrogens is 374 g/mol. The van der Waals surface area contributed by atoms with Crippen molar-refractivity contribution >= 4 is 5.91 Å². The first-order valence-corrected chi connectivity index (χ1v) is 11.9. The van der Waals surface area contributed by atoms with Gasteiger partial charge in [0.25, 0.3) is 5.91 Å². The number of phenols is 1. The Morgan fingerprint density at radius 2 is 1.63 bits per heavy atom. The highest BCUT2D eigenvalue weighted by molar-refractivity contribution is 5.97. The second kappa shape index (κ2) is 15.1. The number of carbonyl (C=O) groups is 1. The maximum atomic E-state index is 12.3. The van der Waals surface area contributed by atoms with Gasteiger partial charge in [0.15, 0.2) is 0 Å². The molecule has 4 nitrogen and oxygen atoms in total. The lowest BCUT2D eigenvalue weighted by Gasteiger charge is -2.15. The molecule has 0 aromatic heterocycles. The van der Waals surface area contributed by atoms with E-state index in [1.165, 1.54) is 57.8 Å². The zero-order valence-electron chi connectivity index (χ0n) is 18.8. The molecule has 1 radical (unpaired) electrons. The number of allylic oxidation sites excluding steroid dienone is 2. The molecule has 0 saturated carbocycles. The summed E-state index contributed by atoms with van der Waals surface area (Å²) in [6.45, 7) is 4.28. The van der Waals surface area contributed by atoms with Crippen molar-refractivity contribution in [2.75, 3.05) is 19.8 Å². The zero-order chi connectivity index (χ0) is 21.4. The Balaban J connectivity index is 1.45. The second-order valence-corrected chi connectivity index (χ2v) is 8.23. The summed E-state index contributed by atoms with van der Waals surface area (Å²) in [6, 6.07) is 3.59. The molecule has 1 aromatic rings. The standard InChI is InChI=1S/C26H40NO3/c1-2-3-4-5-6-7-8-9-10-13-20-30-21-14-19-27-26(29)24-18-17-22-15-11-12-16-23(22)25(24)28/h11-12,15,17-18,28H,2-10,13-14,16,19-21H2,1H3,(H,27,29). The first kappa shape index (κ1) is 24.5. The summed E-state index contributed by atoms with van der Waals surface area (Å²) < 4.78 is 5.68. The summed E-state index contributed by atoms with van der Waals surface area (Å²) in [5.74, 6) is -0.123. The molecule has 2 rings (SSSR count). The third kappa shape index (κ3) is 8.91. The molecule has 1 amide bonds. The lowest BCUT2D eigenvalue weighted by atomic mass is 9.93. The number of carbonyl (C=O) groups excluding carboxylic acids is 1. The number of ether oxygens (including phenoxy) is 1. The summed E-state index contributed by atoms with van der Waals surface area (Å²) in [6.07, 6.45) is 20.6. The normalized spacial score (nSPS) is 12.7. The number of unbranched alkanes of at least 4 members (excludes halogenated alkanes) is 9. The Hall–Kier alpha value is -1.81. The SMILES string of the molecule is CCCCCCCCCCCCOCCCNC(=O)c1ccc2c(c1O)CC=C[CH]2. The van der Waals surface area contributed by atoms with Gasteiger partial charge in [-0.2, -0.15) is 0 Å². The number of phenolic OH excluding ortho intramolecular Hbond substituents is 1. The molecule has 1 aromatic carbocycles. The van der Waals surface area contributed by atoms with Crippen LogP contribution in [0.15, 0.2) is 24.3 Å². The summed E-state index contributed by atoms with van der Waals surface area (Å²) in [4.78, 5) is 12.3. The topological polar surface area (TPSA) is 58.6 Å². The fraction of sp³-hybridized carbons (Fsp3) is 0.615. The van der Waals surface area contributed by atoms with Crippen LogP contribution in [0.25, 0.3) is 0 Å².